The lowest BCUT2D eigenvalue weighted by atomic mass is 10.1. The van der Waals surface area contributed by atoms with Crippen molar-refractivity contribution < 1.29 is 4.74 Å². The van der Waals surface area contributed by atoms with Gasteiger partial charge in [0.05, 0.1) is 18.2 Å². The highest BCUT2D eigenvalue weighted by Crippen LogP contribution is 2.23. The Balaban J connectivity index is 1.97. The van der Waals surface area contributed by atoms with E-state index < -0.39 is 0 Å². The molecule has 4 nitrogen and oxygen atoms in total. The number of rotatable bonds is 1. The molecule has 2 aromatic rings. The second kappa shape index (κ2) is 3.88. The SMILES string of the molecule is Cc1[nH]nc2cc(C3CNCCO3)ccc12. The van der Waals surface area contributed by atoms with Crippen molar-refractivity contribution in [2.24, 2.45) is 0 Å². The number of aryl methyl sites for hydroxylation is 1. The number of morpholine rings is 1. The number of hydrogen-bond donors (Lipinski definition) is 2. The molecule has 1 aliphatic heterocycles. The van der Waals surface area contributed by atoms with Gasteiger partial charge < -0.3 is 10.1 Å². The highest BCUT2D eigenvalue weighted by molar-refractivity contribution is 5.81. The predicted octanol–water partition coefficient (Wildman–Crippen LogP) is 1.53. The zero-order valence-electron chi connectivity index (χ0n) is 9.29. The Morgan fingerprint density at radius 1 is 1.44 bits per heavy atom. The number of aromatic amines is 1. The zero-order chi connectivity index (χ0) is 11.0. The number of aromatic nitrogens is 2. The minimum absolute atomic E-state index is 0.162. The molecular weight excluding hydrogens is 202 g/mol. The maximum absolute atomic E-state index is 5.72. The Kier molecular flexibility index (Phi) is 2.38. The molecular formula is C12H15N3O. The maximum Gasteiger partial charge on any atom is 0.0950 e. The van der Waals surface area contributed by atoms with E-state index in [1.54, 1.807) is 0 Å². The standard InChI is InChI=1S/C12H15N3O/c1-8-10-3-2-9(6-11(10)15-14-8)12-7-13-4-5-16-12/h2-3,6,12-13H,4-5,7H2,1H3,(H,14,15). The Bertz CT molecular complexity index is 500. The van der Waals surface area contributed by atoms with Gasteiger partial charge in [0.1, 0.15) is 0 Å². The van der Waals surface area contributed by atoms with Gasteiger partial charge in [-0.3, -0.25) is 5.10 Å². The average Bonchev–Trinajstić information content (AvgIpc) is 2.72. The Labute approximate surface area is 94.0 Å². The molecule has 1 aliphatic rings. The van der Waals surface area contributed by atoms with E-state index >= 15 is 0 Å². The van der Waals surface area contributed by atoms with Gasteiger partial charge >= 0.3 is 0 Å². The third-order valence-electron chi connectivity index (χ3n) is 3.07. The molecule has 4 heteroatoms. The molecule has 0 spiro atoms. The van der Waals surface area contributed by atoms with Gasteiger partial charge in [-0.05, 0) is 18.6 Å². The summed E-state index contributed by atoms with van der Waals surface area (Å²) in [5, 5.41) is 11.8. The summed E-state index contributed by atoms with van der Waals surface area (Å²) in [7, 11) is 0. The van der Waals surface area contributed by atoms with Crippen LogP contribution in [0.4, 0.5) is 0 Å². The number of H-pyrrole nitrogens is 1. The van der Waals surface area contributed by atoms with Crippen LogP contribution in [0.15, 0.2) is 18.2 Å². The summed E-state index contributed by atoms with van der Waals surface area (Å²) >= 11 is 0. The molecule has 0 radical (unpaired) electrons. The van der Waals surface area contributed by atoms with Gasteiger partial charge in [-0.1, -0.05) is 12.1 Å². The van der Waals surface area contributed by atoms with E-state index in [1.165, 1.54) is 10.9 Å². The highest BCUT2D eigenvalue weighted by atomic mass is 16.5. The predicted molar refractivity (Wildman–Crippen MR) is 62.4 cm³/mol. The Hall–Kier alpha value is -1.39. The average molecular weight is 217 g/mol. The van der Waals surface area contributed by atoms with Crippen LogP contribution in [0.1, 0.15) is 17.4 Å². The van der Waals surface area contributed by atoms with Crippen LogP contribution in [0.3, 0.4) is 0 Å². The highest BCUT2D eigenvalue weighted by Gasteiger charge is 2.16. The van der Waals surface area contributed by atoms with Crippen LogP contribution < -0.4 is 5.32 Å². The maximum atomic E-state index is 5.72. The molecule has 1 unspecified atom stereocenters. The first-order valence-corrected chi connectivity index (χ1v) is 5.61. The molecule has 16 heavy (non-hydrogen) atoms. The molecule has 0 aliphatic carbocycles. The van der Waals surface area contributed by atoms with Gasteiger partial charge in [-0.15, -0.1) is 0 Å². The van der Waals surface area contributed by atoms with Gasteiger partial charge in [-0.25, -0.2) is 0 Å². The summed E-state index contributed by atoms with van der Waals surface area (Å²) in [5.41, 5.74) is 3.33. The van der Waals surface area contributed by atoms with Gasteiger partial charge in [0, 0.05) is 24.2 Å². The molecule has 3 rings (SSSR count). The number of nitrogens with zero attached hydrogens (tertiary/aromatic N) is 1. The first-order valence-electron chi connectivity index (χ1n) is 5.61. The van der Waals surface area contributed by atoms with Gasteiger partial charge in [0.15, 0.2) is 0 Å². The van der Waals surface area contributed by atoms with Gasteiger partial charge in [-0.2, -0.15) is 5.10 Å². The normalized spacial score (nSPS) is 21.4. The number of fused-ring (bicyclic) bond motifs is 1. The Morgan fingerprint density at radius 3 is 3.19 bits per heavy atom. The molecule has 1 fully saturated rings. The monoisotopic (exact) mass is 217 g/mol. The van der Waals surface area contributed by atoms with E-state index in [-0.39, 0.29) is 6.10 Å². The molecule has 2 N–H and O–H groups in total. The third-order valence-corrected chi connectivity index (χ3v) is 3.07. The van der Waals surface area contributed by atoms with Gasteiger partial charge in [0.25, 0.3) is 0 Å². The number of benzene rings is 1. The van der Waals surface area contributed by atoms with E-state index in [0.717, 1.165) is 30.9 Å². The first kappa shape index (κ1) is 9.81. The summed E-state index contributed by atoms with van der Waals surface area (Å²) in [5.74, 6) is 0. The van der Waals surface area contributed by atoms with Crippen molar-refractivity contribution in [2.75, 3.05) is 19.7 Å². The molecule has 84 valence electrons. The first-order chi connectivity index (χ1) is 7.84. The molecule has 1 atom stereocenters. The van der Waals surface area contributed by atoms with Crippen molar-refractivity contribution in [3.8, 4) is 0 Å². The summed E-state index contributed by atoms with van der Waals surface area (Å²) in [6.45, 7) is 4.64. The molecule has 0 saturated carbocycles. The fourth-order valence-electron chi connectivity index (χ4n) is 2.14. The van der Waals surface area contributed by atoms with E-state index in [4.69, 9.17) is 4.74 Å². The van der Waals surface area contributed by atoms with Crippen molar-refractivity contribution >= 4 is 10.9 Å². The van der Waals surface area contributed by atoms with Crippen LogP contribution in [0, 0.1) is 6.92 Å². The molecule has 1 aromatic carbocycles. The number of ether oxygens (including phenoxy) is 1. The smallest absolute Gasteiger partial charge is 0.0950 e. The minimum atomic E-state index is 0.162. The van der Waals surface area contributed by atoms with Crippen molar-refractivity contribution in [1.29, 1.82) is 0 Å². The lowest BCUT2D eigenvalue weighted by molar-refractivity contribution is 0.0278. The van der Waals surface area contributed by atoms with Crippen LogP contribution in [0.25, 0.3) is 10.9 Å². The van der Waals surface area contributed by atoms with Crippen LogP contribution in [0.5, 0.6) is 0 Å². The van der Waals surface area contributed by atoms with Crippen molar-refractivity contribution in [3.05, 3.63) is 29.5 Å². The van der Waals surface area contributed by atoms with E-state index in [1.807, 2.05) is 6.92 Å². The fraction of sp³-hybridized carbons (Fsp3) is 0.417. The van der Waals surface area contributed by atoms with E-state index in [0.29, 0.717) is 0 Å². The molecule has 0 amide bonds. The lowest BCUT2D eigenvalue weighted by Gasteiger charge is -2.23. The second-order valence-corrected chi connectivity index (χ2v) is 4.19. The zero-order valence-corrected chi connectivity index (χ0v) is 9.29. The largest absolute Gasteiger partial charge is 0.371 e. The minimum Gasteiger partial charge on any atom is -0.371 e. The number of nitrogens with one attached hydrogen (secondary N) is 2. The third kappa shape index (κ3) is 1.60. The van der Waals surface area contributed by atoms with E-state index in [2.05, 4.69) is 33.7 Å². The van der Waals surface area contributed by atoms with Crippen LogP contribution in [-0.4, -0.2) is 29.9 Å². The lowest BCUT2D eigenvalue weighted by Crippen LogP contribution is -2.33. The summed E-state index contributed by atoms with van der Waals surface area (Å²) in [4.78, 5) is 0. The van der Waals surface area contributed by atoms with Crippen molar-refractivity contribution in [3.63, 3.8) is 0 Å². The van der Waals surface area contributed by atoms with Gasteiger partial charge in [0.2, 0.25) is 0 Å². The Morgan fingerprint density at radius 2 is 2.38 bits per heavy atom. The fourth-order valence-corrected chi connectivity index (χ4v) is 2.14. The summed E-state index contributed by atoms with van der Waals surface area (Å²) < 4.78 is 5.72. The van der Waals surface area contributed by atoms with Crippen molar-refractivity contribution in [1.82, 2.24) is 15.5 Å². The summed E-state index contributed by atoms with van der Waals surface area (Å²) in [6, 6.07) is 6.35. The second-order valence-electron chi connectivity index (χ2n) is 4.19. The van der Waals surface area contributed by atoms with Crippen molar-refractivity contribution in [2.45, 2.75) is 13.0 Å². The van der Waals surface area contributed by atoms with Crippen LogP contribution in [-0.2, 0) is 4.74 Å². The van der Waals surface area contributed by atoms with E-state index in [9.17, 15) is 0 Å². The molecule has 2 heterocycles. The molecule has 0 bridgehead atoms. The topological polar surface area (TPSA) is 49.9 Å². The quantitative estimate of drug-likeness (QED) is 0.761. The van der Waals surface area contributed by atoms with Crippen LogP contribution in [0.2, 0.25) is 0 Å². The van der Waals surface area contributed by atoms with Crippen LogP contribution >= 0.6 is 0 Å². The number of hydrogen-bond acceptors (Lipinski definition) is 3. The molecule has 1 aromatic heterocycles. The molecule has 1 saturated heterocycles. The summed E-state index contributed by atoms with van der Waals surface area (Å²) in [6.07, 6.45) is 0.162.